The molecule has 0 radical (unpaired) electrons. The zero-order valence-electron chi connectivity index (χ0n) is 20.6. The molecule has 1 aromatic heterocycles. The number of β-lactam (4-membered cyclic amide) rings is 1. The van der Waals surface area contributed by atoms with Gasteiger partial charge in [-0.25, -0.2) is 0 Å². The summed E-state index contributed by atoms with van der Waals surface area (Å²) in [4.78, 5) is 34.3. The fraction of sp³-hybridized carbons (Fsp3) is 0.385. The highest BCUT2D eigenvalue weighted by Gasteiger charge is 2.36. The van der Waals surface area contributed by atoms with Crippen molar-refractivity contribution in [1.29, 1.82) is 5.41 Å². The van der Waals surface area contributed by atoms with Gasteiger partial charge in [0.2, 0.25) is 11.8 Å². The zero-order chi connectivity index (χ0) is 27.2. The Hall–Kier alpha value is -3.40. The molecule has 1 saturated heterocycles. The molecular weight excluding hydrogens is 507 g/mol. The lowest BCUT2D eigenvalue weighted by atomic mass is 9.92. The van der Waals surface area contributed by atoms with Gasteiger partial charge in [0.25, 0.3) is 0 Å². The number of aromatic nitrogens is 1. The maximum Gasteiger partial charge on any atom is 0.416 e. The van der Waals surface area contributed by atoms with E-state index in [1.54, 1.807) is 48.4 Å². The number of hydrogen-bond donors (Lipinski definition) is 1. The predicted molar refractivity (Wildman–Crippen MR) is 136 cm³/mol. The van der Waals surface area contributed by atoms with Crippen LogP contribution in [0.3, 0.4) is 0 Å². The number of alkyl halides is 3. The van der Waals surface area contributed by atoms with E-state index in [0.717, 1.165) is 17.8 Å². The van der Waals surface area contributed by atoms with Crippen LogP contribution in [0, 0.1) is 11.3 Å². The summed E-state index contributed by atoms with van der Waals surface area (Å²) >= 11 is 6.01. The number of nitrogens with one attached hydrogen (secondary N) is 1. The van der Waals surface area contributed by atoms with Gasteiger partial charge in [-0.15, -0.1) is 0 Å². The standard InChI is InChI=1S/C26H29ClF3N5O2/c1-3-35(22(24(27)31)17-33(2)21-7-5-13-32-14-21)23(36)8-4-6-19-16-34(25(19)37)15-18-9-11-20(12-10-18)26(28,29)30/h5,7,9-14,17,19,31H,3-4,6,8,15-16H2,1-2H3/b22-17+,31-24?. The molecule has 1 atom stereocenters. The van der Waals surface area contributed by atoms with E-state index in [4.69, 9.17) is 17.0 Å². The lowest BCUT2D eigenvalue weighted by Crippen LogP contribution is -2.51. The second kappa shape index (κ2) is 12.2. The fourth-order valence-corrected chi connectivity index (χ4v) is 4.29. The van der Waals surface area contributed by atoms with E-state index < -0.39 is 11.7 Å². The van der Waals surface area contributed by atoms with Crippen molar-refractivity contribution in [3.05, 3.63) is 71.8 Å². The van der Waals surface area contributed by atoms with Crippen LogP contribution >= 0.6 is 11.6 Å². The number of pyridine rings is 1. The molecular formula is C26H29ClF3N5O2. The first-order chi connectivity index (χ1) is 17.5. The van der Waals surface area contributed by atoms with Crippen molar-refractivity contribution in [2.45, 2.75) is 38.9 Å². The van der Waals surface area contributed by atoms with Gasteiger partial charge in [0.1, 0.15) is 5.17 Å². The molecule has 1 fully saturated rings. The highest BCUT2D eigenvalue weighted by molar-refractivity contribution is 6.68. The minimum atomic E-state index is -4.39. The number of benzene rings is 1. The van der Waals surface area contributed by atoms with Gasteiger partial charge >= 0.3 is 6.18 Å². The van der Waals surface area contributed by atoms with Crippen molar-refractivity contribution in [2.75, 3.05) is 25.0 Å². The molecule has 37 heavy (non-hydrogen) atoms. The summed E-state index contributed by atoms with van der Waals surface area (Å²) < 4.78 is 38.1. The van der Waals surface area contributed by atoms with Crippen LogP contribution in [0.25, 0.3) is 0 Å². The maximum atomic E-state index is 12.9. The van der Waals surface area contributed by atoms with Gasteiger partial charge in [-0.3, -0.25) is 20.0 Å². The first kappa shape index (κ1) is 28.2. The number of allylic oxidation sites excluding steroid dienone is 1. The van der Waals surface area contributed by atoms with Gasteiger partial charge in [0.05, 0.1) is 29.1 Å². The van der Waals surface area contributed by atoms with Crippen LogP contribution in [0.15, 0.2) is 60.7 Å². The number of likely N-dealkylation sites (tertiary alicyclic amines) is 1. The van der Waals surface area contributed by atoms with Gasteiger partial charge < -0.3 is 14.7 Å². The molecule has 11 heteroatoms. The van der Waals surface area contributed by atoms with Crippen LogP contribution in [0.4, 0.5) is 18.9 Å². The number of carbonyl (C=O) groups is 2. The van der Waals surface area contributed by atoms with E-state index in [1.807, 2.05) is 6.07 Å². The van der Waals surface area contributed by atoms with Crippen LogP contribution in [-0.2, 0) is 22.3 Å². The normalized spacial score (nSPS) is 15.8. The van der Waals surface area contributed by atoms with Gasteiger partial charge in [-0.2, -0.15) is 13.2 Å². The highest BCUT2D eigenvalue weighted by Crippen LogP contribution is 2.30. The Balaban J connectivity index is 1.50. The molecule has 2 amide bonds. The van der Waals surface area contributed by atoms with E-state index in [1.165, 1.54) is 17.0 Å². The molecule has 2 aromatic rings. The monoisotopic (exact) mass is 535 g/mol. The minimum Gasteiger partial charge on any atom is -0.348 e. The van der Waals surface area contributed by atoms with Crippen molar-refractivity contribution in [3.63, 3.8) is 0 Å². The van der Waals surface area contributed by atoms with E-state index in [9.17, 15) is 22.8 Å². The summed E-state index contributed by atoms with van der Waals surface area (Å²) in [5.41, 5.74) is 0.947. The zero-order valence-corrected chi connectivity index (χ0v) is 21.4. The second-order valence-electron chi connectivity index (χ2n) is 8.79. The molecule has 1 N–H and O–H groups in total. The smallest absolute Gasteiger partial charge is 0.348 e. The third kappa shape index (κ3) is 7.31. The molecule has 1 aliphatic rings. The molecule has 0 saturated carbocycles. The predicted octanol–water partition coefficient (Wildman–Crippen LogP) is 5.27. The lowest BCUT2D eigenvalue weighted by Gasteiger charge is -2.38. The van der Waals surface area contributed by atoms with Gasteiger partial charge in [0.15, 0.2) is 0 Å². The molecule has 1 aliphatic heterocycles. The highest BCUT2D eigenvalue weighted by atomic mass is 35.5. The number of anilines is 1. The topological polar surface area (TPSA) is 80.6 Å². The average molecular weight is 536 g/mol. The van der Waals surface area contributed by atoms with E-state index >= 15 is 0 Å². The summed E-state index contributed by atoms with van der Waals surface area (Å²) in [6, 6.07) is 8.41. The third-order valence-electron chi connectivity index (χ3n) is 6.20. The van der Waals surface area contributed by atoms with Crippen LogP contribution in [0.5, 0.6) is 0 Å². The largest absolute Gasteiger partial charge is 0.416 e. The van der Waals surface area contributed by atoms with E-state index in [2.05, 4.69) is 4.98 Å². The number of amides is 2. The molecule has 198 valence electrons. The Kier molecular flexibility index (Phi) is 9.31. The number of rotatable bonds is 11. The van der Waals surface area contributed by atoms with Gasteiger partial charge in [-0.1, -0.05) is 23.7 Å². The van der Waals surface area contributed by atoms with Crippen molar-refractivity contribution < 1.29 is 22.8 Å². The average Bonchev–Trinajstić information content (AvgIpc) is 2.87. The molecule has 1 unspecified atom stereocenters. The third-order valence-corrected chi connectivity index (χ3v) is 6.40. The van der Waals surface area contributed by atoms with Crippen molar-refractivity contribution in [2.24, 2.45) is 5.92 Å². The number of nitrogens with zero attached hydrogens (tertiary/aromatic N) is 4. The summed E-state index contributed by atoms with van der Waals surface area (Å²) in [6.07, 6.45) is 1.72. The molecule has 3 rings (SSSR count). The Morgan fingerprint density at radius 1 is 1.27 bits per heavy atom. The number of carbonyl (C=O) groups excluding carboxylic acids is 2. The Morgan fingerprint density at radius 3 is 2.51 bits per heavy atom. The summed E-state index contributed by atoms with van der Waals surface area (Å²) in [5, 5.41) is 7.69. The van der Waals surface area contributed by atoms with Crippen LogP contribution in [-0.4, -0.2) is 51.9 Å². The lowest BCUT2D eigenvalue weighted by molar-refractivity contribution is -0.149. The van der Waals surface area contributed by atoms with E-state index in [-0.39, 0.29) is 41.6 Å². The summed E-state index contributed by atoms with van der Waals surface area (Å²) in [6.45, 7) is 2.87. The van der Waals surface area contributed by atoms with Gasteiger partial charge in [0, 0.05) is 45.5 Å². The molecule has 0 bridgehead atoms. The minimum absolute atomic E-state index is 0.0686. The second-order valence-corrected chi connectivity index (χ2v) is 9.17. The summed E-state index contributed by atoms with van der Waals surface area (Å²) in [7, 11) is 1.77. The first-order valence-electron chi connectivity index (χ1n) is 11.9. The Morgan fingerprint density at radius 2 is 1.97 bits per heavy atom. The van der Waals surface area contributed by atoms with Crippen molar-refractivity contribution in [1.82, 2.24) is 14.8 Å². The SMILES string of the molecule is CCN(C(=O)CCCC1CN(Cc2ccc(C(F)(F)F)cc2)C1=O)/C(=C/N(C)c1cccnc1)C(=N)Cl. The summed E-state index contributed by atoms with van der Waals surface area (Å²) in [5.74, 6) is -0.483. The number of halogens is 4. The van der Waals surface area contributed by atoms with Crippen molar-refractivity contribution >= 4 is 34.3 Å². The molecule has 0 aliphatic carbocycles. The Bertz CT molecular complexity index is 1140. The van der Waals surface area contributed by atoms with E-state index in [0.29, 0.717) is 31.5 Å². The quantitative estimate of drug-likeness (QED) is 0.314. The molecule has 2 heterocycles. The fourth-order valence-electron chi connectivity index (χ4n) is 4.14. The molecule has 0 spiro atoms. The molecule has 7 nitrogen and oxygen atoms in total. The van der Waals surface area contributed by atoms with Crippen LogP contribution in [0.1, 0.15) is 37.3 Å². The first-order valence-corrected chi connectivity index (χ1v) is 12.2. The molecule has 1 aromatic carbocycles. The van der Waals surface area contributed by atoms with Gasteiger partial charge in [-0.05, 0) is 49.6 Å². The Labute approximate surface area is 219 Å². The van der Waals surface area contributed by atoms with Crippen molar-refractivity contribution in [3.8, 4) is 0 Å². The maximum absolute atomic E-state index is 12.9. The van der Waals surface area contributed by atoms with Crippen LogP contribution < -0.4 is 4.90 Å². The van der Waals surface area contributed by atoms with Crippen LogP contribution in [0.2, 0.25) is 0 Å². The number of hydrogen-bond acceptors (Lipinski definition) is 5.